The third-order valence-electron chi connectivity index (χ3n) is 2.02. The lowest BCUT2D eigenvalue weighted by Gasteiger charge is -2.38. The fourth-order valence-corrected chi connectivity index (χ4v) is 1.24. The molecule has 0 bridgehead atoms. The number of nitrogens with zero attached hydrogens (tertiary/aromatic N) is 1. The van der Waals surface area contributed by atoms with Gasteiger partial charge in [0.1, 0.15) is 12.5 Å². The van der Waals surface area contributed by atoms with E-state index in [0.717, 1.165) is 0 Å². The molecule has 0 N–H and O–H groups in total. The maximum Gasteiger partial charge on any atom is 0.472 e. The monoisotopic (exact) mass is 323 g/mol. The van der Waals surface area contributed by atoms with Crippen LogP contribution < -0.4 is 0 Å². The van der Waals surface area contributed by atoms with Crippen LogP contribution in [0.5, 0.6) is 0 Å². The summed E-state index contributed by atoms with van der Waals surface area (Å²) < 4.78 is 131. The smallest absolute Gasteiger partial charge is 0.446 e. The summed E-state index contributed by atoms with van der Waals surface area (Å²) >= 11 is 0. The summed E-state index contributed by atoms with van der Waals surface area (Å²) in [6.07, 6.45) is -23.8. The Morgan fingerprint density at radius 1 is 0.800 bits per heavy atom. The first kappa shape index (κ1) is 16.7. The van der Waals surface area contributed by atoms with Gasteiger partial charge in [0.2, 0.25) is 0 Å². The molecule has 118 valence electrons. The van der Waals surface area contributed by atoms with E-state index < -0.39 is 35.8 Å². The van der Waals surface area contributed by atoms with Crippen LogP contribution in [0, 0.1) is 0 Å². The quantitative estimate of drug-likeness (QED) is 0.574. The first-order valence-electron chi connectivity index (χ1n) is 4.38. The highest BCUT2D eigenvalue weighted by atomic mass is 19.4. The Kier molecular flexibility index (Phi) is 3.80. The Hall–Kier alpha value is -1.40. The van der Waals surface area contributed by atoms with E-state index in [1.54, 1.807) is 0 Å². The van der Waals surface area contributed by atoms with Gasteiger partial charge in [0, 0.05) is 0 Å². The van der Waals surface area contributed by atoms with Crippen LogP contribution in [-0.4, -0.2) is 35.8 Å². The molecule has 0 saturated carbocycles. The van der Waals surface area contributed by atoms with E-state index in [1.807, 2.05) is 0 Å². The zero-order chi connectivity index (χ0) is 16.0. The summed E-state index contributed by atoms with van der Waals surface area (Å²) in [4.78, 5) is -2.90. The van der Waals surface area contributed by atoms with E-state index in [9.17, 15) is 43.9 Å². The number of hydrogen-bond acceptors (Lipinski definition) is 3. The number of rotatable bonds is 2. The first-order valence-corrected chi connectivity index (χ1v) is 4.38. The SMILES string of the molecule is FC(N(C(F)(F)F)C(F)(F)F)C1(C(F)(F)F)OC=CO1. The van der Waals surface area contributed by atoms with Gasteiger partial charge in [-0.2, -0.15) is 39.5 Å². The summed E-state index contributed by atoms with van der Waals surface area (Å²) in [6, 6.07) is 0. The van der Waals surface area contributed by atoms with Crippen LogP contribution in [0.4, 0.5) is 43.9 Å². The van der Waals surface area contributed by atoms with Crippen molar-refractivity contribution in [2.75, 3.05) is 0 Å². The Bertz CT molecular complexity index is 361. The van der Waals surface area contributed by atoms with Crippen molar-refractivity contribution in [3.8, 4) is 0 Å². The van der Waals surface area contributed by atoms with Crippen molar-refractivity contribution in [1.29, 1.82) is 0 Å². The topological polar surface area (TPSA) is 21.7 Å². The molecule has 0 amide bonds. The van der Waals surface area contributed by atoms with Crippen molar-refractivity contribution in [2.45, 2.75) is 30.9 Å². The molecule has 3 nitrogen and oxygen atoms in total. The average molecular weight is 323 g/mol. The molecule has 0 saturated heterocycles. The molecular formula is C7H3F10NO2. The molecule has 1 heterocycles. The van der Waals surface area contributed by atoms with Gasteiger partial charge >= 0.3 is 24.6 Å². The van der Waals surface area contributed by atoms with Crippen LogP contribution in [0.25, 0.3) is 0 Å². The molecule has 1 unspecified atom stereocenters. The summed E-state index contributed by atoms with van der Waals surface area (Å²) in [5.41, 5.74) is 0. The second-order valence-corrected chi connectivity index (χ2v) is 3.31. The van der Waals surface area contributed by atoms with Crippen molar-refractivity contribution < 1.29 is 53.4 Å². The molecule has 0 aromatic heterocycles. The van der Waals surface area contributed by atoms with E-state index >= 15 is 0 Å². The summed E-state index contributed by atoms with van der Waals surface area (Å²) in [7, 11) is 0. The Morgan fingerprint density at radius 2 is 1.15 bits per heavy atom. The highest BCUT2D eigenvalue weighted by Crippen LogP contribution is 2.48. The molecule has 0 radical (unpaired) electrons. The number of ether oxygens (including phenoxy) is 2. The molecule has 13 heteroatoms. The number of hydrogen-bond donors (Lipinski definition) is 0. The third-order valence-corrected chi connectivity index (χ3v) is 2.02. The second-order valence-electron chi connectivity index (χ2n) is 3.31. The van der Waals surface area contributed by atoms with Gasteiger partial charge in [-0.3, -0.25) is 0 Å². The highest BCUT2D eigenvalue weighted by Gasteiger charge is 2.74. The van der Waals surface area contributed by atoms with Gasteiger partial charge in [-0.1, -0.05) is 4.90 Å². The van der Waals surface area contributed by atoms with E-state index in [0.29, 0.717) is 0 Å². The van der Waals surface area contributed by atoms with E-state index in [1.165, 1.54) is 0 Å². The molecule has 1 rings (SSSR count). The summed E-state index contributed by atoms with van der Waals surface area (Å²) in [5, 5.41) is 0. The van der Waals surface area contributed by atoms with Crippen molar-refractivity contribution in [2.24, 2.45) is 0 Å². The third kappa shape index (κ3) is 2.71. The van der Waals surface area contributed by atoms with Crippen LogP contribution >= 0.6 is 0 Å². The maximum absolute atomic E-state index is 13.4. The van der Waals surface area contributed by atoms with Gasteiger partial charge in [0.15, 0.2) is 0 Å². The lowest BCUT2D eigenvalue weighted by molar-refractivity contribution is -0.451. The van der Waals surface area contributed by atoms with E-state index in [4.69, 9.17) is 0 Å². The predicted molar refractivity (Wildman–Crippen MR) is 38.9 cm³/mol. The van der Waals surface area contributed by atoms with Gasteiger partial charge in [-0.15, -0.1) is 0 Å². The van der Waals surface area contributed by atoms with Crippen LogP contribution in [0.2, 0.25) is 0 Å². The molecule has 0 spiro atoms. The zero-order valence-corrected chi connectivity index (χ0v) is 8.78. The van der Waals surface area contributed by atoms with Gasteiger partial charge in [0.25, 0.3) is 6.30 Å². The summed E-state index contributed by atoms with van der Waals surface area (Å²) in [5.74, 6) is -4.77. The molecule has 0 aromatic carbocycles. The van der Waals surface area contributed by atoms with Gasteiger partial charge in [-0.05, 0) is 0 Å². The standard InChI is InChI=1S/C7H3F10NO2/c8-3(18(6(12,13)14)7(15,16)17)4(5(9,10)11)19-1-2-20-4/h1-3H. The zero-order valence-electron chi connectivity index (χ0n) is 8.78. The minimum atomic E-state index is -6.48. The lowest BCUT2D eigenvalue weighted by Crippen LogP contribution is -2.65. The van der Waals surface area contributed by atoms with Crippen molar-refractivity contribution in [3.05, 3.63) is 12.5 Å². The molecule has 0 aliphatic carbocycles. The van der Waals surface area contributed by atoms with Crippen LogP contribution in [0.1, 0.15) is 0 Å². The fraction of sp³-hybridized carbons (Fsp3) is 0.714. The van der Waals surface area contributed by atoms with E-state index in [-0.39, 0.29) is 12.5 Å². The fourth-order valence-electron chi connectivity index (χ4n) is 1.24. The highest BCUT2D eigenvalue weighted by molar-refractivity contribution is 4.96. The van der Waals surface area contributed by atoms with Crippen LogP contribution in [-0.2, 0) is 9.47 Å². The Balaban J connectivity index is 3.27. The lowest BCUT2D eigenvalue weighted by atomic mass is 10.2. The molecule has 1 aliphatic rings. The molecule has 0 aromatic rings. The van der Waals surface area contributed by atoms with Crippen molar-refractivity contribution >= 4 is 0 Å². The average Bonchev–Trinajstić information content (AvgIpc) is 2.59. The predicted octanol–water partition coefficient (Wildman–Crippen LogP) is 3.40. The maximum atomic E-state index is 13.4. The van der Waals surface area contributed by atoms with Crippen LogP contribution in [0.3, 0.4) is 0 Å². The number of alkyl halides is 10. The van der Waals surface area contributed by atoms with Crippen LogP contribution in [0.15, 0.2) is 12.5 Å². The normalized spacial score (nSPS) is 20.8. The minimum Gasteiger partial charge on any atom is -0.446 e. The molecule has 0 fully saturated rings. The largest absolute Gasteiger partial charge is 0.472 e. The number of halogens is 10. The molecule has 20 heavy (non-hydrogen) atoms. The Labute approximate surface area is 103 Å². The van der Waals surface area contributed by atoms with E-state index in [2.05, 4.69) is 9.47 Å². The van der Waals surface area contributed by atoms with Crippen molar-refractivity contribution in [1.82, 2.24) is 4.90 Å². The van der Waals surface area contributed by atoms with Crippen molar-refractivity contribution in [3.63, 3.8) is 0 Å². The summed E-state index contributed by atoms with van der Waals surface area (Å²) in [6.45, 7) is 0. The molecular weight excluding hydrogens is 320 g/mol. The minimum absolute atomic E-state index is 0.0228. The molecule has 1 aliphatic heterocycles. The van der Waals surface area contributed by atoms with Gasteiger partial charge in [-0.25, -0.2) is 4.39 Å². The Morgan fingerprint density at radius 3 is 1.40 bits per heavy atom. The van der Waals surface area contributed by atoms with Gasteiger partial charge < -0.3 is 9.47 Å². The van der Waals surface area contributed by atoms with Gasteiger partial charge in [0.05, 0.1) is 0 Å². The second kappa shape index (κ2) is 4.56. The molecule has 1 atom stereocenters. The first-order chi connectivity index (χ1) is 8.73.